The molecule has 1 aromatic heterocycles. The van der Waals surface area contributed by atoms with E-state index in [-0.39, 0.29) is 4.90 Å². The topological polar surface area (TPSA) is 114 Å². The summed E-state index contributed by atoms with van der Waals surface area (Å²) in [6.45, 7) is 4.17. The molecule has 0 aliphatic carbocycles. The highest BCUT2D eigenvalue weighted by Gasteiger charge is 2.08. The lowest BCUT2D eigenvalue weighted by Gasteiger charge is -2.13. The summed E-state index contributed by atoms with van der Waals surface area (Å²) >= 11 is 0. The van der Waals surface area contributed by atoms with E-state index in [1.54, 1.807) is 19.2 Å². The van der Waals surface area contributed by atoms with Crippen molar-refractivity contribution in [2.24, 2.45) is 10.1 Å². The minimum absolute atomic E-state index is 0.103. The normalized spacial score (nSPS) is 12.3. The zero-order chi connectivity index (χ0) is 20.9. The summed E-state index contributed by atoms with van der Waals surface area (Å²) in [5.74, 6) is 1.70. The molecule has 3 rings (SSSR count). The number of benzene rings is 2. The van der Waals surface area contributed by atoms with Gasteiger partial charge in [-0.1, -0.05) is 24.3 Å². The number of guanidine groups is 1. The Balaban J connectivity index is 1.48. The molecule has 0 fully saturated rings. The lowest BCUT2D eigenvalue weighted by atomic mass is 10.2. The summed E-state index contributed by atoms with van der Waals surface area (Å²) in [5.41, 5.74) is 3.10. The third-order valence-electron chi connectivity index (χ3n) is 4.63. The monoisotopic (exact) mass is 414 g/mol. The van der Waals surface area contributed by atoms with Gasteiger partial charge >= 0.3 is 0 Å². The standard InChI is InChI=1S/C20H26N6O2S/c1-15-25-18-6-3-4-7-19(18)26(15)13-5-12-23-20(22-2)24-14-16-8-10-17(11-9-16)29(21,27)28/h3-4,6-11H,5,12-14H2,1-2H3,(H2,21,27,28)(H2,22,23,24). The first-order valence-corrected chi connectivity index (χ1v) is 10.9. The molecular formula is C20H26N6O2S. The number of nitrogens with two attached hydrogens (primary N) is 1. The van der Waals surface area contributed by atoms with Crippen LogP contribution in [-0.4, -0.2) is 37.5 Å². The quantitative estimate of drug-likeness (QED) is 0.310. The summed E-state index contributed by atoms with van der Waals surface area (Å²) in [7, 11) is -1.95. The fourth-order valence-corrected chi connectivity index (χ4v) is 3.64. The van der Waals surface area contributed by atoms with Crippen molar-refractivity contribution in [3.63, 3.8) is 0 Å². The van der Waals surface area contributed by atoms with Gasteiger partial charge in [-0.05, 0) is 43.2 Å². The molecule has 0 aliphatic rings. The van der Waals surface area contributed by atoms with Crippen molar-refractivity contribution in [2.45, 2.75) is 31.3 Å². The number of sulfonamides is 1. The molecule has 9 heteroatoms. The minimum atomic E-state index is -3.67. The highest BCUT2D eigenvalue weighted by molar-refractivity contribution is 7.89. The molecule has 0 radical (unpaired) electrons. The second-order valence-electron chi connectivity index (χ2n) is 6.69. The SMILES string of the molecule is CN=C(NCCCn1c(C)nc2ccccc21)NCc1ccc(S(N)(=O)=O)cc1. The van der Waals surface area contributed by atoms with E-state index in [1.165, 1.54) is 12.1 Å². The average molecular weight is 415 g/mol. The Morgan fingerprint density at radius 2 is 1.86 bits per heavy atom. The third-order valence-corrected chi connectivity index (χ3v) is 5.56. The number of rotatable bonds is 7. The predicted molar refractivity (Wildman–Crippen MR) is 115 cm³/mol. The number of aliphatic imine (C=N–C) groups is 1. The number of hydrogen-bond donors (Lipinski definition) is 3. The van der Waals surface area contributed by atoms with Crippen LogP contribution >= 0.6 is 0 Å². The van der Waals surface area contributed by atoms with Crippen molar-refractivity contribution in [3.8, 4) is 0 Å². The van der Waals surface area contributed by atoms with E-state index < -0.39 is 10.0 Å². The van der Waals surface area contributed by atoms with Crippen molar-refractivity contribution in [2.75, 3.05) is 13.6 Å². The number of primary sulfonamides is 1. The van der Waals surface area contributed by atoms with Crippen LogP contribution in [0.1, 0.15) is 17.8 Å². The maximum atomic E-state index is 11.3. The van der Waals surface area contributed by atoms with Crippen molar-refractivity contribution in [1.82, 2.24) is 20.2 Å². The Morgan fingerprint density at radius 3 is 2.55 bits per heavy atom. The van der Waals surface area contributed by atoms with E-state index in [0.717, 1.165) is 41.9 Å². The molecule has 0 spiro atoms. The largest absolute Gasteiger partial charge is 0.356 e. The maximum Gasteiger partial charge on any atom is 0.238 e. The fourth-order valence-electron chi connectivity index (χ4n) is 3.13. The lowest BCUT2D eigenvalue weighted by Crippen LogP contribution is -2.37. The molecular weight excluding hydrogens is 388 g/mol. The van der Waals surface area contributed by atoms with Crippen LogP contribution in [0.25, 0.3) is 11.0 Å². The van der Waals surface area contributed by atoms with Crippen LogP contribution in [-0.2, 0) is 23.1 Å². The van der Waals surface area contributed by atoms with Gasteiger partial charge in [-0.2, -0.15) is 0 Å². The number of nitrogens with zero attached hydrogens (tertiary/aromatic N) is 3. The summed E-state index contributed by atoms with van der Waals surface area (Å²) in [6, 6.07) is 14.6. The second kappa shape index (κ2) is 9.06. The van der Waals surface area contributed by atoms with Crippen LogP contribution in [0.2, 0.25) is 0 Å². The first kappa shape index (κ1) is 20.8. The highest BCUT2D eigenvalue weighted by atomic mass is 32.2. The molecule has 8 nitrogen and oxygen atoms in total. The highest BCUT2D eigenvalue weighted by Crippen LogP contribution is 2.15. The number of para-hydroxylation sites is 2. The van der Waals surface area contributed by atoms with Crippen LogP contribution in [0, 0.1) is 6.92 Å². The Labute approximate surface area is 170 Å². The first-order valence-electron chi connectivity index (χ1n) is 9.36. The molecule has 0 saturated heterocycles. The van der Waals surface area contributed by atoms with Gasteiger partial charge in [0.05, 0.1) is 15.9 Å². The number of aromatic nitrogens is 2. The van der Waals surface area contributed by atoms with Gasteiger partial charge in [0.15, 0.2) is 5.96 Å². The zero-order valence-corrected chi connectivity index (χ0v) is 17.4. The van der Waals surface area contributed by atoms with Crippen molar-refractivity contribution in [3.05, 3.63) is 59.9 Å². The Morgan fingerprint density at radius 1 is 1.14 bits per heavy atom. The van der Waals surface area contributed by atoms with Gasteiger partial charge < -0.3 is 15.2 Å². The van der Waals surface area contributed by atoms with Gasteiger partial charge in [-0.25, -0.2) is 18.5 Å². The van der Waals surface area contributed by atoms with Gasteiger partial charge in [-0.3, -0.25) is 4.99 Å². The van der Waals surface area contributed by atoms with E-state index in [4.69, 9.17) is 5.14 Å². The fraction of sp³-hybridized carbons (Fsp3) is 0.300. The van der Waals surface area contributed by atoms with Crippen LogP contribution in [0.5, 0.6) is 0 Å². The Bertz CT molecular complexity index is 1100. The van der Waals surface area contributed by atoms with Gasteiger partial charge in [0.1, 0.15) is 5.82 Å². The maximum absolute atomic E-state index is 11.3. The molecule has 0 atom stereocenters. The van der Waals surface area contributed by atoms with E-state index >= 15 is 0 Å². The van der Waals surface area contributed by atoms with Crippen LogP contribution in [0.15, 0.2) is 58.4 Å². The molecule has 0 amide bonds. The number of nitrogens with one attached hydrogen (secondary N) is 2. The average Bonchev–Trinajstić information content (AvgIpc) is 3.02. The molecule has 154 valence electrons. The molecule has 0 aliphatic heterocycles. The number of hydrogen-bond acceptors (Lipinski definition) is 4. The van der Waals surface area contributed by atoms with Gasteiger partial charge in [-0.15, -0.1) is 0 Å². The smallest absolute Gasteiger partial charge is 0.238 e. The summed E-state index contributed by atoms with van der Waals surface area (Å²) in [4.78, 5) is 8.91. The van der Waals surface area contributed by atoms with Crippen molar-refractivity contribution in [1.29, 1.82) is 0 Å². The zero-order valence-electron chi connectivity index (χ0n) is 16.6. The predicted octanol–water partition coefficient (Wildman–Crippen LogP) is 1.75. The molecule has 0 saturated carbocycles. The number of imidazole rings is 1. The molecule has 3 aromatic rings. The minimum Gasteiger partial charge on any atom is -0.356 e. The van der Waals surface area contributed by atoms with E-state index in [9.17, 15) is 8.42 Å². The Kier molecular flexibility index (Phi) is 6.50. The molecule has 4 N–H and O–H groups in total. The molecule has 0 bridgehead atoms. The Hall–Kier alpha value is -2.91. The van der Waals surface area contributed by atoms with Gasteiger partial charge in [0.25, 0.3) is 0 Å². The molecule has 1 heterocycles. The van der Waals surface area contributed by atoms with Crippen LogP contribution in [0.4, 0.5) is 0 Å². The number of aryl methyl sites for hydroxylation is 2. The molecule has 2 aromatic carbocycles. The summed E-state index contributed by atoms with van der Waals surface area (Å²) in [6.07, 6.45) is 0.922. The number of fused-ring (bicyclic) bond motifs is 1. The molecule has 29 heavy (non-hydrogen) atoms. The first-order chi connectivity index (χ1) is 13.9. The van der Waals surface area contributed by atoms with E-state index in [1.807, 2.05) is 25.1 Å². The summed E-state index contributed by atoms with van der Waals surface area (Å²) in [5, 5.41) is 11.6. The van der Waals surface area contributed by atoms with Gasteiger partial charge in [0.2, 0.25) is 10.0 Å². The van der Waals surface area contributed by atoms with Crippen LogP contribution in [0.3, 0.4) is 0 Å². The summed E-state index contributed by atoms with van der Waals surface area (Å²) < 4.78 is 24.8. The van der Waals surface area contributed by atoms with Crippen molar-refractivity contribution >= 4 is 27.0 Å². The molecule has 0 unspecified atom stereocenters. The van der Waals surface area contributed by atoms with Crippen molar-refractivity contribution < 1.29 is 8.42 Å². The second-order valence-corrected chi connectivity index (χ2v) is 8.26. The van der Waals surface area contributed by atoms with Crippen LogP contribution < -0.4 is 15.8 Å². The van der Waals surface area contributed by atoms with E-state index in [0.29, 0.717) is 12.5 Å². The van der Waals surface area contributed by atoms with E-state index in [2.05, 4.69) is 31.2 Å². The third kappa shape index (κ3) is 5.33. The van der Waals surface area contributed by atoms with Gasteiger partial charge in [0, 0.05) is 26.7 Å². The lowest BCUT2D eigenvalue weighted by molar-refractivity contribution is 0.597.